The second-order valence-corrected chi connectivity index (χ2v) is 26.8. The van der Waals surface area contributed by atoms with Gasteiger partial charge in [0.1, 0.15) is 52.9 Å². The molecule has 0 aromatic heterocycles. The normalized spacial score (nSPS) is 17.3. The molecule has 1 aliphatic carbocycles. The van der Waals surface area contributed by atoms with Crippen LogP contribution in [-0.4, -0.2) is 52.9 Å². The predicted molar refractivity (Wildman–Crippen MR) is 360 cm³/mol. The van der Waals surface area contributed by atoms with Crippen molar-refractivity contribution in [3.63, 3.8) is 0 Å². The van der Waals surface area contributed by atoms with Crippen LogP contribution in [-0.2, 0) is 0 Å². The minimum atomic E-state index is -0.0669. The summed E-state index contributed by atoms with van der Waals surface area (Å²) in [4.78, 5) is 0. The van der Waals surface area contributed by atoms with Crippen molar-refractivity contribution in [2.45, 2.75) is 308 Å². The van der Waals surface area contributed by atoms with Crippen molar-refractivity contribution >= 4 is 0 Å². The number of hydrogen-bond acceptors (Lipinski definition) is 8. The van der Waals surface area contributed by atoms with Crippen LogP contribution in [0, 0.1) is 24.3 Å². The molecular formula is C80H116Li4O8. The predicted octanol–water partition coefficient (Wildman–Crippen LogP) is 10.5. The van der Waals surface area contributed by atoms with Crippen molar-refractivity contribution in [3.8, 4) is 46.0 Å². The first-order valence-corrected chi connectivity index (χ1v) is 37.0. The molecule has 0 saturated carbocycles. The van der Waals surface area contributed by atoms with Crippen LogP contribution in [0.1, 0.15) is 353 Å². The van der Waals surface area contributed by atoms with Gasteiger partial charge >= 0.3 is 75.4 Å². The molecule has 4 aromatic rings. The maximum atomic E-state index is 6.95. The Hall–Kier alpha value is -2.33. The van der Waals surface area contributed by atoms with Crippen LogP contribution in [0.3, 0.4) is 0 Å². The van der Waals surface area contributed by atoms with Gasteiger partial charge in [0, 0.05) is 46.0 Å². The van der Waals surface area contributed by atoms with E-state index in [4.69, 9.17) is 37.9 Å². The molecule has 9 rings (SSSR count). The van der Waals surface area contributed by atoms with E-state index in [0.29, 0.717) is 52.9 Å². The quantitative estimate of drug-likeness (QED) is 0.0248. The van der Waals surface area contributed by atoms with Gasteiger partial charge in [-0.3, -0.25) is 0 Å². The number of hydrogen-bond donors (Lipinski definition) is 0. The molecule has 488 valence electrons. The van der Waals surface area contributed by atoms with Crippen LogP contribution in [0.15, 0.2) is 24.3 Å². The van der Waals surface area contributed by atoms with Gasteiger partial charge in [-0.25, -0.2) is 0 Å². The van der Waals surface area contributed by atoms with E-state index >= 15 is 0 Å². The molecule has 0 N–H and O–H groups in total. The zero-order valence-corrected chi connectivity index (χ0v) is 59.8. The minimum absolute atomic E-state index is 0. The summed E-state index contributed by atoms with van der Waals surface area (Å²) in [7, 11) is 0. The third-order valence-electron chi connectivity index (χ3n) is 19.9. The molecule has 4 heterocycles. The number of unbranched alkanes of at least 4 members (excludes halogenated alkanes) is 32. The third-order valence-corrected chi connectivity index (χ3v) is 19.9. The van der Waals surface area contributed by atoms with Crippen molar-refractivity contribution in [1.29, 1.82) is 0 Å². The first-order chi connectivity index (χ1) is 43.6. The van der Waals surface area contributed by atoms with E-state index in [0.717, 1.165) is 142 Å². The summed E-state index contributed by atoms with van der Waals surface area (Å²) < 4.78 is 55.6. The second-order valence-electron chi connectivity index (χ2n) is 26.8. The Morgan fingerprint density at radius 3 is 0.489 bits per heavy atom. The van der Waals surface area contributed by atoms with Gasteiger partial charge in [0.05, 0.1) is 0 Å². The van der Waals surface area contributed by atoms with Gasteiger partial charge in [-0.15, -0.1) is 44.5 Å². The van der Waals surface area contributed by atoms with E-state index in [1.54, 1.807) is 0 Å². The largest absolute Gasteiger partial charge is 1.00 e. The summed E-state index contributed by atoms with van der Waals surface area (Å²) in [6.07, 6.45) is 49.3. The number of benzene rings is 4. The van der Waals surface area contributed by atoms with Crippen molar-refractivity contribution in [1.82, 2.24) is 0 Å². The molecule has 0 unspecified atom stereocenters. The molecule has 92 heavy (non-hydrogen) atoms. The molecule has 4 aliphatic heterocycles. The zero-order valence-electron chi connectivity index (χ0n) is 59.8. The Balaban J connectivity index is 0.00000384. The van der Waals surface area contributed by atoms with Crippen molar-refractivity contribution in [2.75, 3.05) is 52.9 Å². The first-order valence-electron chi connectivity index (χ1n) is 37.0. The van der Waals surface area contributed by atoms with Crippen LogP contribution in [0.2, 0.25) is 0 Å². The summed E-state index contributed by atoms with van der Waals surface area (Å²) in [5, 5.41) is 0. The van der Waals surface area contributed by atoms with Gasteiger partial charge in [-0.05, 0) is 0 Å². The third kappa shape index (κ3) is 24.0. The van der Waals surface area contributed by atoms with Gasteiger partial charge in [0.25, 0.3) is 0 Å². The fraction of sp³-hybridized carbons (Fsp3) is 0.700. The van der Waals surface area contributed by atoms with Crippen molar-refractivity contribution in [2.24, 2.45) is 0 Å². The van der Waals surface area contributed by atoms with Gasteiger partial charge in [-0.2, -0.15) is 24.3 Å². The molecule has 0 spiro atoms. The van der Waals surface area contributed by atoms with E-state index in [1.165, 1.54) is 205 Å². The zero-order chi connectivity index (χ0) is 60.8. The van der Waals surface area contributed by atoms with Crippen LogP contribution in [0.5, 0.6) is 46.0 Å². The van der Waals surface area contributed by atoms with Crippen molar-refractivity contribution < 1.29 is 113 Å². The Morgan fingerprint density at radius 1 is 0.217 bits per heavy atom. The molecule has 8 bridgehead atoms. The van der Waals surface area contributed by atoms with E-state index in [1.807, 2.05) is 0 Å². The molecule has 4 aromatic carbocycles. The van der Waals surface area contributed by atoms with Crippen LogP contribution < -0.4 is 113 Å². The van der Waals surface area contributed by atoms with Crippen molar-refractivity contribution in [3.05, 3.63) is 93.0 Å². The van der Waals surface area contributed by atoms with Gasteiger partial charge in [0.15, 0.2) is 0 Å². The maximum Gasteiger partial charge on any atom is 1.00 e. The molecule has 0 radical (unpaired) electrons. The number of ether oxygens (including phenoxy) is 8. The summed E-state index contributed by atoms with van der Waals surface area (Å²) >= 11 is 0. The molecule has 0 saturated heterocycles. The van der Waals surface area contributed by atoms with Gasteiger partial charge in [0.2, 0.25) is 0 Å². The Labute approximate surface area is 608 Å². The van der Waals surface area contributed by atoms with E-state index in [-0.39, 0.29) is 99.1 Å². The van der Waals surface area contributed by atoms with Gasteiger partial charge in [-0.1, -0.05) is 332 Å². The average Bonchev–Trinajstić information content (AvgIpc) is 1.18. The molecule has 8 nitrogen and oxygen atoms in total. The molecule has 5 aliphatic rings. The van der Waals surface area contributed by atoms with Crippen LogP contribution in [0.4, 0.5) is 0 Å². The Kier molecular flexibility index (Phi) is 40.2. The van der Waals surface area contributed by atoms with E-state index in [9.17, 15) is 0 Å². The topological polar surface area (TPSA) is 73.8 Å². The monoisotopic (exact) mass is 1230 g/mol. The molecular weight excluding hydrogens is 1120 g/mol. The molecule has 0 atom stereocenters. The molecule has 12 heteroatoms. The SMILES string of the molecule is CCCCCCCCCCCC1c2cc3c4[c-]c2OCCOc2[c-]c5c(cc21)C(CCCCCCCCCCC)c1cc2c([c-]c1OCCO5)OCCOc1[c-]c(c(cc1C2CCCCCCCCCCC)C3CCCCCCCCCCC)OCCO4.[Li+].[Li+].[Li+].[Li+]. The molecule has 0 fully saturated rings. The smallest absolute Gasteiger partial charge is 0.516 e. The standard InChI is InChI=1S/C80H116O8.4Li/c1-5-9-13-17-21-25-29-33-37-41-61-65-53-67-62(42-38-34-30-26-22-18-14-10-6-2)69-55-71-64(44-40-36-32-28-24-20-16-12-8-4)72-56-70-63(43-39-35-31-27-23-19-15-11-7-3)68-54-66(61)74-58-76(68)84-48-50-86-78(70)60-80(72)88-52-51-87-79(71)59-77(69)85-49-47-83-75(67)57-73(65)81-45-46-82-74;;;;/h53-56,61-64H,5-52H2,1-4H3;;;;/q-4;4*+1. The van der Waals surface area contributed by atoms with E-state index in [2.05, 4.69) is 76.2 Å². The summed E-state index contributed by atoms with van der Waals surface area (Å²) in [5.41, 5.74) is 9.27. The fourth-order valence-corrected chi connectivity index (χ4v) is 14.9. The fourth-order valence-electron chi connectivity index (χ4n) is 14.9. The first kappa shape index (κ1) is 80.4. The summed E-state index contributed by atoms with van der Waals surface area (Å²) in [6.45, 7) is 12.2. The second kappa shape index (κ2) is 46.0. The molecule has 0 amide bonds. The maximum absolute atomic E-state index is 6.95. The van der Waals surface area contributed by atoms with Crippen LogP contribution >= 0.6 is 0 Å². The summed E-state index contributed by atoms with van der Waals surface area (Å²) in [5.74, 6) is 5.89. The Bertz CT molecular complexity index is 2190. The Morgan fingerprint density at radius 2 is 0.348 bits per heavy atom. The number of rotatable bonds is 40. The minimum Gasteiger partial charge on any atom is -0.516 e. The van der Waals surface area contributed by atoms with E-state index < -0.39 is 0 Å². The van der Waals surface area contributed by atoms with Gasteiger partial charge < -0.3 is 37.9 Å². The average molecular weight is 1230 g/mol. The van der Waals surface area contributed by atoms with Crippen LogP contribution in [0.25, 0.3) is 0 Å². The summed E-state index contributed by atoms with van der Waals surface area (Å²) in [6, 6.07) is 25.7.